The van der Waals surface area contributed by atoms with Gasteiger partial charge in [0.25, 0.3) is 0 Å². The molecule has 1 aliphatic heterocycles. The Hall–Kier alpha value is -4.15. The van der Waals surface area contributed by atoms with E-state index >= 15 is 0 Å². The lowest BCUT2D eigenvalue weighted by molar-refractivity contribution is -0.153. The van der Waals surface area contributed by atoms with E-state index in [9.17, 15) is 38.7 Å². The number of ketones is 3. The second kappa shape index (κ2) is 20.6. The Bertz CT molecular complexity index is 1390. The smallest absolute Gasteiger partial charge is 0.330 e. The lowest BCUT2D eigenvalue weighted by Gasteiger charge is -2.35. The van der Waals surface area contributed by atoms with Crippen LogP contribution in [0.3, 0.4) is 0 Å². The van der Waals surface area contributed by atoms with Crippen molar-refractivity contribution in [1.29, 1.82) is 0 Å². The van der Waals surface area contributed by atoms with E-state index in [0.717, 1.165) is 32.1 Å². The van der Waals surface area contributed by atoms with Gasteiger partial charge in [-0.1, -0.05) is 82.9 Å². The highest BCUT2D eigenvalue weighted by Crippen LogP contribution is 2.37. The van der Waals surface area contributed by atoms with Crippen molar-refractivity contribution in [2.24, 2.45) is 29.6 Å². The number of amides is 2. The summed E-state index contributed by atoms with van der Waals surface area (Å²) in [6.07, 6.45) is 7.17. The predicted octanol–water partition coefficient (Wildman–Crippen LogP) is 5.80. The quantitative estimate of drug-likeness (QED) is 0.0912. The first-order chi connectivity index (χ1) is 24.4. The van der Waals surface area contributed by atoms with Gasteiger partial charge in [-0.05, 0) is 55.4 Å². The number of allylic oxidation sites excluding steroid dienone is 1. The molecule has 3 rings (SSSR count). The fourth-order valence-electron chi connectivity index (χ4n) is 7.49. The van der Waals surface area contributed by atoms with Gasteiger partial charge in [-0.3, -0.25) is 28.8 Å². The maximum Gasteiger partial charge on any atom is 0.330 e. The molecule has 11 nitrogen and oxygen atoms in total. The zero-order chi connectivity index (χ0) is 37.5. The lowest BCUT2D eigenvalue weighted by atomic mass is 9.77. The average molecular weight is 709 g/mol. The predicted molar refractivity (Wildman–Crippen MR) is 191 cm³/mol. The van der Waals surface area contributed by atoms with Crippen LogP contribution in [0.5, 0.6) is 0 Å². The molecular weight excluding hydrogens is 652 g/mol. The van der Waals surface area contributed by atoms with Crippen molar-refractivity contribution < 1.29 is 43.4 Å². The molecule has 1 aliphatic carbocycles. The fraction of sp³-hybridized carbons (Fsp3) is 0.625. The van der Waals surface area contributed by atoms with Crippen LogP contribution in [0.2, 0.25) is 0 Å². The molecule has 2 unspecified atom stereocenters. The van der Waals surface area contributed by atoms with Crippen molar-refractivity contribution in [3.63, 3.8) is 0 Å². The molecule has 0 spiro atoms. The summed E-state index contributed by atoms with van der Waals surface area (Å²) in [5.41, 5.74) is 0.368. The number of hydrogen-bond donors (Lipinski definition) is 2. The number of benzene rings is 1. The number of carbonyl (C=O) groups is 7. The molecule has 1 aromatic carbocycles. The van der Waals surface area contributed by atoms with Crippen LogP contribution in [0.25, 0.3) is 0 Å². The van der Waals surface area contributed by atoms with Crippen LogP contribution in [-0.4, -0.2) is 70.3 Å². The van der Waals surface area contributed by atoms with E-state index in [1.165, 1.54) is 0 Å². The van der Waals surface area contributed by atoms with Crippen molar-refractivity contribution in [3.05, 3.63) is 48.6 Å². The third-order valence-corrected chi connectivity index (χ3v) is 10.1. The summed E-state index contributed by atoms with van der Waals surface area (Å²) < 4.78 is 5.47. The second-order valence-corrected chi connectivity index (χ2v) is 14.5. The molecule has 1 heterocycles. The van der Waals surface area contributed by atoms with Gasteiger partial charge in [-0.25, -0.2) is 4.79 Å². The molecule has 2 aliphatic rings. The third-order valence-electron chi connectivity index (χ3n) is 10.1. The van der Waals surface area contributed by atoms with E-state index in [0.29, 0.717) is 31.4 Å². The number of aliphatic carboxylic acids is 1. The molecule has 5 atom stereocenters. The topological polar surface area (TPSA) is 164 Å². The van der Waals surface area contributed by atoms with Gasteiger partial charge in [0.2, 0.25) is 17.6 Å². The van der Waals surface area contributed by atoms with Crippen LogP contribution in [-0.2, 0) is 38.3 Å². The van der Waals surface area contributed by atoms with Crippen molar-refractivity contribution >= 4 is 41.1 Å². The standard InChI is InChI=1S/C40H56N2O9/c1-5-13-29-21-22-42(39(48)31(27-15-9-7-10-16-27)24-35(46)51-25-26(3)4)37(29)33(44)23-30(14-6-2)38(47)32(43)19-20-34(45)41-36(40(49)50)28-17-11-8-12-18-28/h5,8,11-12,17-18,26-27,29-31,36-37H,1,6-7,9-10,13-16,19-25H2,2-4H3,(H,41,45)(H,49,50)/t29-,30?,31-,36?,37-/m0/s1. The Morgan fingerprint density at radius 2 is 1.67 bits per heavy atom. The number of carboxylic acid groups (broad SMARTS) is 1. The minimum atomic E-state index is -1.31. The Balaban J connectivity index is 1.73. The molecule has 51 heavy (non-hydrogen) atoms. The van der Waals surface area contributed by atoms with Crippen molar-refractivity contribution in [2.75, 3.05) is 13.2 Å². The van der Waals surface area contributed by atoms with Crippen LogP contribution in [0.1, 0.15) is 116 Å². The molecule has 280 valence electrons. The second-order valence-electron chi connectivity index (χ2n) is 14.5. The highest BCUT2D eigenvalue weighted by atomic mass is 16.5. The van der Waals surface area contributed by atoms with Crippen molar-refractivity contribution in [1.82, 2.24) is 10.2 Å². The van der Waals surface area contributed by atoms with E-state index < -0.39 is 59.8 Å². The first kappa shape index (κ1) is 41.3. The van der Waals surface area contributed by atoms with Gasteiger partial charge in [0.15, 0.2) is 17.6 Å². The monoisotopic (exact) mass is 708 g/mol. The molecule has 11 heteroatoms. The molecule has 1 saturated heterocycles. The zero-order valence-corrected chi connectivity index (χ0v) is 30.5. The summed E-state index contributed by atoms with van der Waals surface area (Å²) in [7, 11) is 0. The summed E-state index contributed by atoms with van der Waals surface area (Å²) in [5.74, 6) is -6.03. The lowest BCUT2D eigenvalue weighted by Crippen LogP contribution is -2.48. The van der Waals surface area contributed by atoms with Crippen LogP contribution < -0.4 is 5.32 Å². The van der Waals surface area contributed by atoms with E-state index in [4.69, 9.17) is 4.74 Å². The van der Waals surface area contributed by atoms with E-state index in [1.54, 1.807) is 41.3 Å². The molecule has 0 bridgehead atoms. The zero-order valence-electron chi connectivity index (χ0n) is 30.5. The highest BCUT2D eigenvalue weighted by molar-refractivity contribution is 6.38. The normalized spacial score (nSPS) is 19.5. The van der Waals surface area contributed by atoms with Gasteiger partial charge in [-0.2, -0.15) is 0 Å². The largest absolute Gasteiger partial charge is 0.479 e. The summed E-state index contributed by atoms with van der Waals surface area (Å²) in [4.78, 5) is 93.9. The maximum atomic E-state index is 14.3. The minimum absolute atomic E-state index is 0.00904. The number of ether oxygens (including phenoxy) is 1. The maximum absolute atomic E-state index is 14.3. The van der Waals surface area contributed by atoms with Crippen molar-refractivity contribution in [3.8, 4) is 0 Å². The van der Waals surface area contributed by atoms with Gasteiger partial charge in [0, 0.05) is 31.7 Å². The summed E-state index contributed by atoms with van der Waals surface area (Å²) in [6, 6.07) is 6.03. The Morgan fingerprint density at radius 1 is 0.980 bits per heavy atom. The van der Waals surface area contributed by atoms with E-state index in [2.05, 4.69) is 11.9 Å². The summed E-state index contributed by atoms with van der Waals surface area (Å²) in [6.45, 7) is 10.2. The Kier molecular flexibility index (Phi) is 16.7. The number of nitrogens with zero attached hydrogens (tertiary/aromatic N) is 1. The molecule has 2 N–H and O–H groups in total. The number of likely N-dealkylation sites (tertiary alicyclic amines) is 1. The van der Waals surface area contributed by atoms with Gasteiger partial charge >= 0.3 is 11.9 Å². The Morgan fingerprint density at radius 3 is 2.27 bits per heavy atom. The number of hydrogen-bond acceptors (Lipinski definition) is 8. The molecule has 2 amide bonds. The molecule has 0 aromatic heterocycles. The van der Waals surface area contributed by atoms with Gasteiger partial charge in [-0.15, -0.1) is 6.58 Å². The third kappa shape index (κ3) is 12.2. The van der Waals surface area contributed by atoms with Crippen LogP contribution in [0.15, 0.2) is 43.0 Å². The SMILES string of the molecule is C=CC[C@H]1CCN(C(=O)[C@@H](CC(=O)OCC(C)C)C2CCCCC2)[C@@H]1C(=O)CC(CCC)C(=O)C(=O)CCC(=O)NC(C(=O)O)c1ccccc1. The van der Waals surface area contributed by atoms with Gasteiger partial charge < -0.3 is 20.1 Å². The van der Waals surface area contributed by atoms with Crippen molar-refractivity contribution in [2.45, 2.75) is 116 Å². The molecule has 0 radical (unpaired) electrons. The highest BCUT2D eigenvalue weighted by Gasteiger charge is 2.45. The number of esters is 1. The fourth-order valence-corrected chi connectivity index (χ4v) is 7.49. The number of Topliss-reactive ketones (excluding diaryl/α,β-unsaturated/α-hetero) is 3. The van der Waals surface area contributed by atoms with Gasteiger partial charge in [0.1, 0.15) is 0 Å². The van der Waals surface area contributed by atoms with Crippen LogP contribution in [0, 0.1) is 29.6 Å². The first-order valence-electron chi connectivity index (χ1n) is 18.6. The number of carboxylic acids is 1. The van der Waals surface area contributed by atoms with Gasteiger partial charge in [0.05, 0.1) is 25.0 Å². The number of carbonyl (C=O) groups excluding carboxylic acids is 6. The Labute approximate surface area is 301 Å². The summed E-state index contributed by atoms with van der Waals surface area (Å²) in [5, 5.41) is 12.0. The number of rotatable bonds is 21. The molecule has 1 saturated carbocycles. The molecule has 1 aromatic rings. The van der Waals surface area contributed by atoms with Crippen LogP contribution in [0.4, 0.5) is 0 Å². The molecular formula is C40H56N2O9. The minimum Gasteiger partial charge on any atom is -0.479 e. The summed E-state index contributed by atoms with van der Waals surface area (Å²) >= 11 is 0. The van der Waals surface area contributed by atoms with E-state index in [-0.39, 0.29) is 61.7 Å². The molecule has 2 fully saturated rings. The average Bonchev–Trinajstić information content (AvgIpc) is 3.54. The number of nitrogens with one attached hydrogen (secondary N) is 1. The van der Waals surface area contributed by atoms with Crippen LogP contribution >= 0.6 is 0 Å². The van der Waals surface area contributed by atoms with E-state index in [1.807, 2.05) is 20.8 Å². The first-order valence-corrected chi connectivity index (χ1v) is 18.6.